The molecule has 0 aliphatic heterocycles. The summed E-state index contributed by atoms with van der Waals surface area (Å²) in [7, 11) is 0. The van der Waals surface area contributed by atoms with Gasteiger partial charge in [-0.2, -0.15) is 0 Å². The van der Waals surface area contributed by atoms with Crippen molar-refractivity contribution in [1.82, 2.24) is 19.2 Å². The number of hydrogen-bond donors (Lipinski definition) is 1. The third-order valence-corrected chi connectivity index (χ3v) is 2.87. The highest BCUT2D eigenvalue weighted by atomic mass is 19.1. The van der Waals surface area contributed by atoms with Gasteiger partial charge in [0.15, 0.2) is 5.65 Å². The molecule has 0 radical (unpaired) electrons. The number of halogens is 1. The second kappa shape index (κ2) is 5.12. The number of aromatic nitrogens is 4. The Kier molecular flexibility index (Phi) is 3.16. The van der Waals surface area contributed by atoms with Gasteiger partial charge in [0.1, 0.15) is 5.82 Å². The van der Waals surface area contributed by atoms with Crippen molar-refractivity contribution in [2.24, 2.45) is 0 Å². The molecule has 102 valence electrons. The third kappa shape index (κ3) is 2.37. The van der Waals surface area contributed by atoms with Crippen LogP contribution in [0.2, 0.25) is 0 Å². The van der Waals surface area contributed by atoms with Crippen LogP contribution < -0.4 is 11.0 Å². The van der Waals surface area contributed by atoms with Crippen LogP contribution in [0.15, 0.2) is 47.7 Å². The zero-order valence-corrected chi connectivity index (χ0v) is 10.5. The van der Waals surface area contributed by atoms with Crippen molar-refractivity contribution in [1.29, 1.82) is 0 Å². The SMILES string of the molecule is O=c1n(CCNc2cccc(F)c2)nc2cnccn12. The van der Waals surface area contributed by atoms with E-state index in [2.05, 4.69) is 15.4 Å². The molecular weight excluding hydrogens is 261 g/mol. The molecule has 2 heterocycles. The maximum Gasteiger partial charge on any atom is 0.350 e. The largest absolute Gasteiger partial charge is 0.383 e. The summed E-state index contributed by atoms with van der Waals surface area (Å²) < 4.78 is 15.8. The molecule has 0 fully saturated rings. The third-order valence-electron chi connectivity index (χ3n) is 2.87. The molecule has 0 aliphatic carbocycles. The molecular formula is C13H12FN5O. The highest BCUT2D eigenvalue weighted by molar-refractivity contribution is 5.42. The van der Waals surface area contributed by atoms with Gasteiger partial charge in [-0.3, -0.25) is 4.98 Å². The summed E-state index contributed by atoms with van der Waals surface area (Å²) in [4.78, 5) is 15.9. The smallest absolute Gasteiger partial charge is 0.350 e. The Hall–Kier alpha value is -2.70. The summed E-state index contributed by atoms with van der Waals surface area (Å²) in [6, 6.07) is 6.17. The van der Waals surface area contributed by atoms with E-state index in [9.17, 15) is 9.18 Å². The van der Waals surface area contributed by atoms with Gasteiger partial charge in [0, 0.05) is 24.6 Å². The Morgan fingerprint density at radius 3 is 3.05 bits per heavy atom. The number of hydrogen-bond acceptors (Lipinski definition) is 4. The molecule has 0 aliphatic rings. The van der Waals surface area contributed by atoms with E-state index in [1.165, 1.54) is 33.6 Å². The van der Waals surface area contributed by atoms with Crippen LogP contribution in [0.5, 0.6) is 0 Å². The lowest BCUT2D eigenvalue weighted by Gasteiger charge is -2.05. The van der Waals surface area contributed by atoms with E-state index in [1.54, 1.807) is 18.3 Å². The predicted octanol–water partition coefficient (Wildman–Crippen LogP) is 1.14. The van der Waals surface area contributed by atoms with Crippen LogP contribution in [0.4, 0.5) is 10.1 Å². The number of benzene rings is 1. The Bertz CT molecular complexity index is 795. The normalized spacial score (nSPS) is 10.8. The molecule has 0 bridgehead atoms. The maximum atomic E-state index is 13.0. The molecule has 3 aromatic rings. The molecule has 3 rings (SSSR count). The molecule has 0 spiro atoms. The first-order chi connectivity index (χ1) is 9.74. The lowest BCUT2D eigenvalue weighted by molar-refractivity contribution is 0.612. The van der Waals surface area contributed by atoms with Crippen LogP contribution in [0.3, 0.4) is 0 Å². The van der Waals surface area contributed by atoms with Gasteiger partial charge < -0.3 is 5.32 Å². The minimum atomic E-state index is -0.300. The molecule has 20 heavy (non-hydrogen) atoms. The second-order valence-electron chi connectivity index (χ2n) is 4.25. The molecule has 1 aromatic carbocycles. The zero-order chi connectivity index (χ0) is 13.9. The quantitative estimate of drug-likeness (QED) is 0.774. The number of nitrogens with zero attached hydrogens (tertiary/aromatic N) is 4. The highest BCUT2D eigenvalue weighted by Crippen LogP contribution is 2.08. The van der Waals surface area contributed by atoms with Crippen LogP contribution in [0.25, 0.3) is 5.65 Å². The van der Waals surface area contributed by atoms with E-state index in [4.69, 9.17) is 0 Å². The van der Waals surface area contributed by atoms with E-state index in [0.29, 0.717) is 24.4 Å². The summed E-state index contributed by atoms with van der Waals surface area (Å²) in [6.07, 6.45) is 4.63. The van der Waals surface area contributed by atoms with E-state index >= 15 is 0 Å². The minimum absolute atomic E-state index is 0.219. The highest BCUT2D eigenvalue weighted by Gasteiger charge is 2.05. The van der Waals surface area contributed by atoms with Gasteiger partial charge in [0.2, 0.25) is 0 Å². The van der Waals surface area contributed by atoms with E-state index in [0.717, 1.165) is 0 Å². The summed E-state index contributed by atoms with van der Waals surface area (Å²) in [5.74, 6) is -0.300. The molecule has 0 atom stereocenters. The van der Waals surface area contributed by atoms with Gasteiger partial charge in [-0.05, 0) is 18.2 Å². The Morgan fingerprint density at radius 1 is 1.35 bits per heavy atom. The van der Waals surface area contributed by atoms with Gasteiger partial charge >= 0.3 is 5.69 Å². The Labute approximate surface area is 113 Å². The molecule has 0 saturated heterocycles. The van der Waals surface area contributed by atoms with E-state index in [-0.39, 0.29) is 11.5 Å². The first-order valence-electron chi connectivity index (χ1n) is 6.13. The van der Waals surface area contributed by atoms with Gasteiger partial charge in [0.05, 0.1) is 12.7 Å². The topological polar surface area (TPSA) is 64.2 Å². The average Bonchev–Trinajstić information content (AvgIpc) is 2.76. The fourth-order valence-corrected chi connectivity index (χ4v) is 1.93. The number of nitrogens with one attached hydrogen (secondary N) is 1. The maximum absolute atomic E-state index is 13.0. The fourth-order valence-electron chi connectivity index (χ4n) is 1.93. The molecule has 0 amide bonds. The van der Waals surface area contributed by atoms with Crippen LogP contribution in [0, 0.1) is 5.82 Å². The average molecular weight is 273 g/mol. The first-order valence-corrected chi connectivity index (χ1v) is 6.13. The molecule has 0 unspecified atom stereocenters. The van der Waals surface area contributed by atoms with Crippen LogP contribution in [0.1, 0.15) is 0 Å². The van der Waals surface area contributed by atoms with Crippen molar-refractivity contribution < 1.29 is 4.39 Å². The summed E-state index contributed by atoms with van der Waals surface area (Å²) >= 11 is 0. The van der Waals surface area contributed by atoms with Gasteiger partial charge in [-0.25, -0.2) is 18.3 Å². The van der Waals surface area contributed by atoms with Crippen molar-refractivity contribution in [3.8, 4) is 0 Å². The molecule has 6 nitrogen and oxygen atoms in total. The van der Waals surface area contributed by atoms with Crippen molar-refractivity contribution in [2.75, 3.05) is 11.9 Å². The summed E-state index contributed by atoms with van der Waals surface area (Å²) in [5, 5.41) is 7.19. The monoisotopic (exact) mass is 273 g/mol. The van der Waals surface area contributed by atoms with Crippen molar-refractivity contribution in [3.63, 3.8) is 0 Å². The molecule has 0 saturated carbocycles. The van der Waals surface area contributed by atoms with Crippen LogP contribution in [-0.2, 0) is 6.54 Å². The minimum Gasteiger partial charge on any atom is -0.383 e. The predicted molar refractivity (Wildman–Crippen MR) is 72.1 cm³/mol. The lowest BCUT2D eigenvalue weighted by atomic mass is 10.3. The lowest BCUT2D eigenvalue weighted by Crippen LogP contribution is -2.24. The van der Waals surface area contributed by atoms with Gasteiger partial charge in [0.25, 0.3) is 0 Å². The molecule has 1 N–H and O–H groups in total. The number of anilines is 1. The first kappa shape index (κ1) is 12.3. The Balaban J connectivity index is 1.71. The van der Waals surface area contributed by atoms with Crippen LogP contribution >= 0.6 is 0 Å². The van der Waals surface area contributed by atoms with E-state index < -0.39 is 0 Å². The standard InChI is InChI=1S/C13H12FN5O/c14-10-2-1-3-11(8-10)16-5-7-19-13(20)18-6-4-15-9-12(18)17-19/h1-4,6,8-9,16H,5,7H2. The number of fused-ring (bicyclic) bond motifs is 1. The van der Waals surface area contributed by atoms with Crippen molar-refractivity contribution in [2.45, 2.75) is 6.54 Å². The fraction of sp³-hybridized carbons (Fsp3) is 0.154. The Morgan fingerprint density at radius 2 is 2.25 bits per heavy atom. The summed E-state index contributed by atoms with van der Waals surface area (Å²) in [6.45, 7) is 0.859. The second-order valence-corrected chi connectivity index (χ2v) is 4.25. The van der Waals surface area contributed by atoms with Gasteiger partial charge in [-0.1, -0.05) is 6.07 Å². The van der Waals surface area contributed by atoms with Gasteiger partial charge in [-0.15, -0.1) is 5.10 Å². The summed E-state index contributed by atoms with van der Waals surface area (Å²) in [5.41, 5.74) is 0.954. The molecule has 2 aromatic heterocycles. The van der Waals surface area contributed by atoms with Crippen molar-refractivity contribution in [3.05, 3.63) is 59.2 Å². The zero-order valence-electron chi connectivity index (χ0n) is 10.5. The van der Waals surface area contributed by atoms with E-state index in [1.807, 2.05) is 0 Å². The molecule has 7 heteroatoms. The van der Waals surface area contributed by atoms with Crippen molar-refractivity contribution >= 4 is 11.3 Å². The number of rotatable bonds is 4. The van der Waals surface area contributed by atoms with Crippen LogP contribution in [-0.4, -0.2) is 25.7 Å².